The average Bonchev–Trinajstić information content (AvgIpc) is 3.05. The number of hydrogen-bond donors (Lipinski definition) is 1. The monoisotopic (exact) mass is 354 g/mol. The maximum atomic E-state index is 11.9. The summed E-state index contributed by atoms with van der Waals surface area (Å²) in [6.45, 7) is 1.91. The van der Waals surface area contributed by atoms with Crippen molar-refractivity contribution in [2.45, 2.75) is 13.5 Å². The van der Waals surface area contributed by atoms with Crippen molar-refractivity contribution in [1.82, 2.24) is 25.6 Å². The van der Waals surface area contributed by atoms with Gasteiger partial charge in [-0.05, 0) is 29.8 Å². The minimum Gasteiger partial charge on any atom is -0.271 e. The van der Waals surface area contributed by atoms with Crippen LogP contribution in [-0.4, -0.2) is 32.3 Å². The van der Waals surface area contributed by atoms with Crippen LogP contribution in [0, 0.1) is 6.92 Å². The SMILES string of the molecule is Cc1ccc(/C=N\NC(=O)Cn2nnc(-c3ccccc3Cl)n2)cc1. The summed E-state index contributed by atoms with van der Waals surface area (Å²) in [4.78, 5) is 13.1. The molecule has 0 spiro atoms. The molecule has 0 aliphatic carbocycles. The number of halogens is 1. The first-order chi connectivity index (χ1) is 12.1. The Hall–Kier alpha value is -3.06. The largest absolute Gasteiger partial charge is 0.271 e. The van der Waals surface area contributed by atoms with Gasteiger partial charge in [0.2, 0.25) is 5.82 Å². The van der Waals surface area contributed by atoms with Crippen molar-refractivity contribution in [3.63, 3.8) is 0 Å². The van der Waals surface area contributed by atoms with Crippen LogP contribution in [0.4, 0.5) is 0 Å². The number of aryl methyl sites for hydroxylation is 1. The maximum Gasteiger partial charge on any atom is 0.263 e. The van der Waals surface area contributed by atoms with Crippen molar-refractivity contribution >= 4 is 23.7 Å². The highest BCUT2D eigenvalue weighted by Gasteiger charge is 2.11. The van der Waals surface area contributed by atoms with Crippen LogP contribution in [0.15, 0.2) is 53.6 Å². The summed E-state index contributed by atoms with van der Waals surface area (Å²) in [7, 11) is 0. The Labute approximate surface area is 149 Å². The van der Waals surface area contributed by atoms with Crippen LogP contribution >= 0.6 is 11.6 Å². The number of carbonyl (C=O) groups excluding carboxylic acids is 1. The van der Waals surface area contributed by atoms with E-state index in [2.05, 4.69) is 25.9 Å². The average molecular weight is 355 g/mol. The molecular formula is C17H15ClN6O. The lowest BCUT2D eigenvalue weighted by atomic mass is 10.2. The summed E-state index contributed by atoms with van der Waals surface area (Å²) in [5, 5.41) is 16.4. The van der Waals surface area contributed by atoms with E-state index in [-0.39, 0.29) is 12.5 Å². The highest BCUT2D eigenvalue weighted by atomic mass is 35.5. The number of tetrazole rings is 1. The van der Waals surface area contributed by atoms with Crippen LogP contribution in [0.2, 0.25) is 5.02 Å². The Kier molecular flexibility index (Phi) is 5.15. The first kappa shape index (κ1) is 16.8. The van der Waals surface area contributed by atoms with E-state index >= 15 is 0 Å². The van der Waals surface area contributed by atoms with E-state index in [1.807, 2.05) is 43.3 Å². The molecule has 0 fully saturated rings. The number of nitrogens with one attached hydrogen (secondary N) is 1. The molecule has 8 heteroatoms. The minimum atomic E-state index is -0.355. The predicted molar refractivity (Wildman–Crippen MR) is 95.2 cm³/mol. The van der Waals surface area contributed by atoms with Crippen molar-refractivity contribution in [3.8, 4) is 11.4 Å². The highest BCUT2D eigenvalue weighted by Crippen LogP contribution is 2.23. The molecule has 3 rings (SSSR count). The molecule has 0 aliphatic heterocycles. The lowest BCUT2D eigenvalue weighted by molar-refractivity contribution is -0.122. The van der Waals surface area contributed by atoms with E-state index < -0.39 is 0 Å². The van der Waals surface area contributed by atoms with Gasteiger partial charge in [0, 0.05) is 5.56 Å². The van der Waals surface area contributed by atoms with Gasteiger partial charge in [-0.2, -0.15) is 9.90 Å². The quantitative estimate of drug-likeness (QED) is 0.563. The number of hydrazone groups is 1. The number of rotatable bonds is 5. The van der Waals surface area contributed by atoms with Gasteiger partial charge in [-0.15, -0.1) is 10.2 Å². The van der Waals surface area contributed by atoms with Gasteiger partial charge in [0.25, 0.3) is 5.91 Å². The second kappa shape index (κ2) is 7.67. The molecule has 1 amide bonds. The van der Waals surface area contributed by atoms with Gasteiger partial charge in [0.1, 0.15) is 6.54 Å². The zero-order chi connectivity index (χ0) is 17.6. The second-order valence-corrected chi connectivity index (χ2v) is 5.73. The molecular weight excluding hydrogens is 340 g/mol. The molecule has 0 saturated heterocycles. The summed E-state index contributed by atoms with van der Waals surface area (Å²) >= 11 is 6.09. The number of benzene rings is 2. The lowest BCUT2D eigenvalue weighted by Gasteiger charge is -1.99. The number of carbonyl (C=O) groups is 1. The summed E-state index contributed by atoms with van der Waals surface area (Å²) in [5.41, 5.74) is 5.15. The molecule has 3 aromatic rings. The summed E-state index contributed by atoms with van der Waals surface area (Å²) < 4.78 is 0. The van der Waals surface area contributed by atoms with Gasteiger partial charge >= 0.3 is 0 Å². The van der Waals surface area contributed by atoms with E-state index in [4.69, 9.17) is 11.6 Å². The highest BCUT2D eigenvalue weighted by molar-refractivity contribution is 6.33. The molecule has 0 bridgehead atoms. The fraction of sp³-hybridized carbons (Fsp3) is 0.118. The topological polar surface area (TPSA) is 85.1 Å². The minimum absolute atomic E-state index is 0.0946. The maximum absolute atomic E-state index is 11.9. The third-order valence-corrected chi connectivity index (χ3v) is 3.66. The van der Waals surface area contributed by atoms with Crippen LogP contribution in [0.25, 0.3) is 11.4 Å². The van der Waals surface area contributed by atoms with Crippen molar-refractivity contribution in [2.24, 2.45) is 5.10 Å². The zero-order valence-corrected chi connectivity index (χ0v) is 14.2. The molecule has 0 saturated carbocycles. The predicted octanol–water partition coefficient (Wildman–Crippen LogP) is 2.45. The normalized spacial score (nSPS) is 11.0. The van der Waals surface area contributed by atoms with Gasteiger partial charge in [0.15, 0.2) is 0 Å². The van der Waals surface area contributed by atoms with E-state index in [0.29, 0.717) is 16.4 Å². The van der Waals surface area contributed by atoms with Gasteiger partial charge < -0.3 is 0 Å². The molecule has 0 unspecified atom stereocenters. The van der Waals surface area contributed by atoms with Crippen LogP contribution < -0.4 is 5.43 Å². The third-order valence-electron chi connectivity index (χ3n) is 3.33. The second-order valence-electron chi connectivity index (χ2n) is 5.33. The summed E-state index contributed by atoms with van der Waals surface area (Å²) in [6.07, 6.45) is 1.57. The van der Waals surface area contributed by atoms with E-state index in [1.165, 1.54) is 4.80 Å². The smallest absolute Gasteiger partial charge is 0.263 e. The standard InChI is InChI=1S/C17H15ClN6O/c1-12-6-8-13(9-7-12)10-19-20-16(25)11-24-22-17(21-23-24)14-4-2-3-5-15(14)18/h2-10H,11H2,1H3,(H,20,25)/b19-10-. The Morgan fingerprint density at radius 3 is 2.76 bits per heavy atom. The van der Waals surface area contributed by atoms with Crippen molar-refractivity contribution in [2.75, 3.05) is 0 Å². The molecule has 1 heterocycles. The molecule has 0 radical (unpaired) electrons. The fourth-order valence-corrected chi connectivity index (χ4v) is 2.28. The molecule has 126 valence electrons. The van der Waals surface area contributed by atoms with Crippen molar-refractivity contribution < 1.29 is 4.79 Å². The number of hydrogen-bond acceptors (Lipinski definition) is 5. The summed E-state index contributed by atoms with van der Waals surface area (Å²) in [6, 6.07) is 14.9. The number of nitrogens with zero attached hydrogens (tertiary/aromatic N) is 5. The number of amides is 1. The first-order valence-electron chi connectivity index (χ1n) is 7.53. The third kappa shape index (κ3) is 4.48. The van der Waals surface area contributed by atoms with E-state index in [9.17, 15) is 4.79 Å². The lowest BCUT2D eigenvalue weighted by Crippen LogP contribution is -2.24. The zero-order valence-electron chi connectivity index (χ0n) is 13.4. The molecule has 0 atom stereocenters. The fourth-order valence-electron chi connectivity index (χ4n) is 2.06. The molecule has 7 nitrogen and oxygen atoms in total. The Morgan fingerprint density at radius 1 is 1.24 bits per heavy atom. The first-order valence-corrected chi connectivity index (χ1v) is 7.91. The van der Waals surface area contributed by atoms with Crippen LogP contribution in [0.1, 0.15) is 11.1 Å². The van der Waals surface area contributed by atoms with E-state index in [0.717, 1.165) is 11.1 Å². The van der Waals surface area contributed by atoms with Gasteiger partial charge in [-0.3, -0.25) is 4.79 Å². The van der Waals surface area contributed by atoms with Crippen molar-refractivity contribution in [3.05, 3.63) is 64.7 Å². The molecule has 0 aliphatic rings. The molecule has 1 aromatic heterocycles. The van der Waals surface area contributed by atoms with Crippen LogP contribution in [0.5, 0.6) is 0 Å². The van der Waals surface area contributed by atoms with Crippen molar-refractivity contribution in [1.29, 1.82) is 0 Å². The van der Waals surface area contributed by atoms with Crippen LogP contribution in [0.3, 0.4) is 0 Å². The Bertz CT molecular complexity index is 904. The van der Waals surface area contributed by atoms with Crippen LogP contribution in [-0.2, 0) is 11.3 Å². The Balaban J connectivity index is 1.58. The Morgan fingerprint density at radius 2 is 2.00 bits per heavy atom. The number of aromatic nitrogens is 4. The van der Waals surface area contributed by atoms with Gasteiger partial charge in [-0.25, -0.2) is 5.43 Å². The van der Waals surface area contributed by atoms with E-state index in [1.54, 1.807) is 18.3 Å². The van der Waals surface area contributed by atoms with Gasteiger partial charge in [0.05, 0.1) is 11.2 Å². The summed E-state index contributed by atoms with van der Waals surface area (Å²) in [5.74, 6) is 0.00743. The molecule has 2 aromatic carbocycles. The van der Waals surface area contributed by atoms with Gasteiger partial charge in [-0.1, -0.05) is 53.6 Å². The molecule has 1 N–H and O–H groups in total. The molecule has 25 heavy (non-hydrogen) atoms.